The van der Waals surface area contributed by atoms with E-state index in [1.807, 2.05) is 0 Å². The van der Waals surface area contributed by atoms with E-state index in [0.29, 0.717) is 0 Å². The maximum absolute atomic E-state index is 13.2. The molecule has 9 N–H and O–H groups in total. The Hall–Kier alpha value is -3.22. The molecular weight excluding hydrogens is 552 g/mol. The Morgan fingerprint density at radius 1 is 0.805 bits per heavy atom. The molecule has 2 heterocycles. The minimum Gasteiger partial charge on any atom is -0.508 e. The van der Waals surface area contributed by atoms with E-state index in [4.69, 9.17) is 18.9 Å². The van der Waals surface area contributed by atoms with Crippen LogP contribution in [0.1, 0.15) is 37.4 Å². The van der Waals surface area contributed by atoms with E-state index < -0.39 is 97.2 Å². The second-order valence-corrected chi connectivity index (χ2v) is 9.89. The van der Waals surface area contributed by atoms with Gasteiger partial charge in [0.15, 0.2) is 17.9 Å². The molecule has 15 nitrogen and oxygen atoms in total. The highest BCUT2D eigenvalue weighted by Crippen LogP contribution is 2.41. The molecule has 2 aromatic carbocycles. The smallest absolute Gasteiger partial charge is 0.229 e. The molecule has 2 aliphatic heterocycles. The van der Waals surface area contributed by atoms with E-state index in [1.54, 1.807) is 0 Å². The van der Waals surface area contributed by atoms with E-state index in [0.717, 1.165) is 12.1 Å². The molecule has 0 saturated carbocycles. The Labute approximate surface area is 231 Å². The van der Waals surface area contributed by atoms with Gasteiger partial charge in [-0.05, 0) is 24.3 Å². The van der Waals surface area contributed by atoms with Crippen molar-refractivity contribution in [3.8, 4) is 17.2 Å². The van der Waals surface area contributed by atoms with Gasteiger partial charge in [0.25, 0.3) is 0 Å². The van der Waals surface area contributed by atoms with Crippen molar-refractivity contribution >= 4 is 11.6 Å². The molecule has 1 aliphatic carbocycles. The van der Waals surface area contributed by atoms with Crippen molar-refractivity contribution in [2.45, 2.75) is 61.9 Å². The van der Waals surface area contributed by atoms with Gasteiger partial charge in [-0.25, -0.2) is 0 Å². The van der Waals surface area contributed by atoms with Crippen LogP contribution in [0.3, 0.4) is 0 Å². The molecule has 9 atom stereocenters. The van der Waals surface area contributed by atoms with E-state index >= 15 is 0 Å². The van der Waals surface area contributed by atoms with Crippen LogP contribution in [0.5, 0.6) is 17.2 Å². The number of fused-ring (bicyclic) bond motifs is 2. The number of carbonyl (C=O) groups excluding carboxylic acids is 2. The lowest BCUT2D eigenvalue weighted by Crippen LogP contribution is -2.61. The zero-order valence-corrected chi connectivity index (χ0v) is 21.1. The SMILES string of the molecule is O=C1c2cc(O)ccc2C(=O)c2c1cc(OC1OC(COC3OCC(O)C(O)C3O)C(O)C(O)C1O)c(CO)c2O. The van der Waals surface area contributed by atoms with Gasteiger partial charge in [-0.15, -0.1) is 0 Å². The summed E-state index contributed by atoms with van der Waals surface area (Å²) >= 11 is 0. The average Bonchev–Trinajstić information content (AvgIpc) is 2.95. The Balaban J connectivity index is 1.40. The zero-order valence-electron chi connectivity index (χ0n) is 21.1. The maximum Gasteiger partial charge on any atom is 0.229 e. The fourth-order valence-corrected chi connectivity index (χ4v) is 4.94. The molecule has 41 heavy (non-hydrogen) atoms. The van der Waals surface area contributed by atoms with Crippen molar-refractivity contribution in [3.05, 3.63) is 52.1 Å². The summed E-state index contributed by atoms with van der Waals surface area (Å²) in [5, 5.41) is 91.4. The molecule has 9 unspecified atom stereocenters. The molecular formula is C26H28O15. The largest absolute Gasteiger partial charge is 0.508 e. The van der Waals surface area contributed by atoms with Gasteiger partial charge >= 0.3 is 0 Å². The number of benzene rings is 2. The number of phenolic OH excluding ortho intramolecular Hbond substituents is 1. The predicted molar refractivity (Wildman–Crippen MR) is 130 cm³/mol. The summed E-state index contributed by atoms with van der Waals surface area (Å²) < 4.78 is 21.7. The summed E-state index contributed by atoms with van der Waals surface area (Å²) in [7, 11) is 0. The van der Waals surface area contributed by atoms with Gasteiger partial charge in [0.05, 0.1) is 30.9 Å². The lowest BCUT2D eigenvalue weighted by Gasteiger charge is -2.41. The second-order valence-electron chi connectivity index (χ2n) is 9.89. The number of aliphatic hydroxyl groups excluding tert-OH is 7. The van der Waals surface area contributed by atoms with Crippen molar-refractivity contribution in [2.24, 2.45) is 0 Å². The number of rotatable bonds is 6. The fraction of sp³-hybridized carbons (Fsp3) is 0.462. The molecule has 2 aromatic rings. The third-order valence-corrected chi connectivity index (χ3v) is 7.28. The van der Waals surface area contributed by atoms with Gasteiger partial charge in [0.1, 0.15) is 60.0 Å². The Morgan fingerprint density at radius 2 is 1.51 bits per heavy atom. The highest BCUT2D eigenvalue weighted by atomic mass is 16.7. The molecule has 3 aliphatic rings. The summed E-state index contributed by atoms with van der Waals surface area (Å²) in [4.78, 5) is 26.3. The summed E-state index contributed by atoms with van der Waals surface area (Å²) in [5.74, 6) is -2.95. The summed E-state index contributed by atoms with van der Waals surface area (Å²) in [6, 6.07) is 4.53. The van der Waals surface area contributed by atoms with Gasteiger partial charge in [-0.2, -0.15) is 0 Å². The second kappa shape index (κ2) is 11.2. The molecule has 0 spiro atoms. The third kappa shape index (κ3) is 5.06. The van der Waals surface area contributed by atoms with E-state index in [-0.39, 0.29) is 34.6 Å². The Bertz CT molecular complexity index is 1340. The van der Waals surface area contributed by atoms with Crippen LogP contribution in [0.25, 0.3) is 0 Å². The minimum atomic E-state index is -1.89. The molecule has 222 valence electrons. The number of hydrogen-bond donors (Lipinski definition) is 9. The first kappa shape index (κ1) is 29.3. The number of hydrogen-bond acceptors (Lipinski definition) is 15. The van der Waals surface area contributed by atoms with E-state index in [1.165, 1.54) is 12.1 Å². The van der Waals surface area contributed by atoms with Gasteiger partial charge in [-0.1, -0.05) is 0 Å². The lowest BCUT2D eigenvalue weighted by atomic mass is 9.82. The van der Waals surface area contributed by atoms with Gasteiger partial charge < -0.3 is 64.9 Å². The van der Waals surface area contributed by atoms with E-state index in [9.17, 15) is 55.5 Å². The summed E-state index contributed by atoms with van der Waals surface area (Å²) in [6.45, 7) is -1.81. The van der Waals surface area contributed by atoms with Crippen LogP contribution in [0.4, 0.5) is 0 Å². The number of ether oxygens (including phenoxy) is 4. The monoisotopic (exact) mass is 580 g/mol. The number of carbonyl (C=O) groups is 2. The topological polar surface area (TPSA) is 253 Å². The molecule has 0 amide bonds. The van der Waals surface area contributed by atoms with Crippen molar-refractivity contribution in [1.82, 2.24) is 0 Å². The first-order valence-electron chi connectivity index (χ1n) is 12.5. The van der Waals surface area contributed by atoms with Crippen molar-refractivity contribution < 1.29 is 74.5 Å². The van der Waals surface area contributed by atoms with E-state index in [2.05, 4.69) is 0 Å². The molecule has 0 radical (unpaired) electrons. The Morgan fingerprint density at radius 3 is 2.22 bits per heavy atom. The van der Waals surface area contributed by atoms with Crippen molar-refractivity contribution in [1.29, 1.82) is 0 Å². The zero-order chi connectivity index (χ0) is 29.7. The van der Waals surface area contributed by atoms with Crippen LogP contribution in [-0.2, 0) is 20.8 Å². The molecule has 5 rings (SSSR count). The molecule has 2 fully saturated rings. The lowest BCUT2D eigenvalue weighted by molar-refractivity contribution is -0.307. The number of phenols is 2. The molecule has 2 saturated heterocycles. The van der Waals surface area contributed by atoms with Crippen LogP contribution >= 0.6 is 0 Å². The van der Waals surface area contributed by atoms with Crippen LogP contribution in [-0.4, -0.2) is 126 Å². The van der Waals surface area contributed by atoms with Crippen molar-refractivity contribution in [3.63, 3.8) is 0 Å². The fourth-order valence-electron chi connectivity index (χ4n) is 4.94. The maximum atomic E-state index is 13.2. The van der Waals surface area contributed by atoms with Crippen LogP contribution < -0.4 is 4.74 Å². The third-order valence-electron chi connectivity index (χ3n) is 7.28. The van der Waals surface area contributed by atoms with Crippen molar-refractivity contribution in [2.75, 3.05) is 13.2 Å². The summed E-state index contributed by atoms with van der Waals surface area (Å²) in [6.07, 6.45) is -14.7. The predicted octanol–water partition coefficient (Wildman–Crippen LogP) is -2.99. The number of aliphatic hydroxyl groups is 7. The summed E-state index contributed by atoms with van der Waals surface area (Å²) in [5.41, 5.74) is -1.29. The van der Waals surface area contributed by atoms with Gasteiger partial charge in [0, 0.05) is 16.7 Å². The molecule has 0 bridgehead atoms. The molecule has 0 aromatic heterocycles. The van der Waals surface area contributed by atoms with Crippen LogP contribution in [0.2, 0.25) is 0 Å². The first-order valence-corrected chi connectivity index (χ1v) is 12.5. The van der Waals surface area contributed by atoms with Crippen LogP contribution in [0.15, 0.2) is 24.3 Å². The highest BCUT2D eigenvalue weighted by molar-refractivity contribution is 6.29. The van der Waals surface area contributed by atoms with Crippen LogP contribution in [0, 0.1) is 0 Å². The molecule has 15 heteroatoms. The minimum absolute atomic E-state index is 0.0757. The number of aromatic hydroxyl groups is 2. The van der Waals surface area contributed by atoms with Gasteiger partial charge in [-0.3, -0.25) is 9.59 Å². The standard InChI is InChI=1S/C26H28O15/c27-5-12-14(4-11-16(19(12)32)18(31)9-2-1-8(28)3-10(9)17(11)30)40-26-24(37)22(35)21(34)15(41-26)7-39-25-23(36)20(33)13(29)6-38-25/h1-4,13,15,20-29,32-37H,5-7H2. The number of ketones is 2. The Kier molecular flexibility index (Phi) is 8.01. The average molecular weight is 580 g/mol. The normalized spacial score (nSPS) is 33.3. The highest BCUT2D eigenvalue weighted by Gasteiger charge is 2.47. The quantitative estimate of drug-likeness (QED) is 0.141. The first-order chi connectivity index (χ1) is 19.4. The van der Waals surface area contributed by atoms with Gasteiger partial charge in [0.2, 0.25) is 6.29 Å².